The van der Waals surface area contributed by atoms with Gasteiger partial charge in [-0.05, 0) is 19.4 Å². The highest BCUT2D eigenvalue weighted by atomic mass is 24.3. The number of benzene rings is 1. The first-order valence-corrected chi connectivity index (χ1v) is 2.67. The molecule has 1 aromatic carbocycles. The van der Waals surface area contributed by atoms with Crippen molar-refractivity contribution in [2.24, 2.45) is 0 Å². The van der Waals surface area contributed by atoms with Crippen LogP contribution < -0.4 is 0 Å². The minimum Gasteiger partial charge on any atom is -0.0617 e. The van der Waals surface area contributed by atoms with Crippen LogP contribution in [0.15, 0.2) is 24.3 Å². The Hall–Kier alpha value is -0.0138. The summed E-state index contributed by atoms with van der Waals surface area (Å²) in [5.74, 6) is 0. The Morgan fingerprint density at radius 3 is 2.33 bits per heavy atom. The molecule has 1 aromatic rings. The van der Waals surface area contributed by atoms with Crippen molar-refractivity contribution in [1.82, 2.24) is 0 Å². The van der Waals surface area contributed by atoms with E-state index in [-0.39, 0.29) is 23.1 Å². The topological polar surface area (TPSA) is 0 Å². The van der Waals surface area contributed by atoms with Crippen molar-refractivity contribution in [3.05, 3.63) is 42.3 Å². The SMILES string of the molecule is [CH2]c1cccc(C)c1.[MgH2]. The van der Waals surface area contributed by atoms with E-state index in [1.165, 1.54) is 5.56 Å². The second kappa shape index (κ2) is 3.91. The Labute approximate surface area is 72.4 Å². The molecule has 0 aliphatic carbocycles. The molecule has 0 spiro atoms. The van der Waals surface area contributed by atoms with Gasteiger partial charge in [0.1, 0.15) is 0 Å². The van der Waals surface area contributed by atoms with Gasteiger partial charge in [-0.25, -0.2) is 0 Å². The fraction of sp³-hybridized carbons (Fsp3) is 0.125. The molecule has 0 saturated heterocycles. The number of rotatable bonds is 0. The lowest BCUT2D eigenvalue weighted by Crippen LogP contribution is -1.71. The predicted molar refractivity (Wildman–Crippen MR) is 44.2 cm³/mol. The number of hydrogen-bond donors (Lipinski definition) is 0. The van der Waals surface area contributed by atoms with Crippen LogP contribution in [0.3, 0.4) is 0 Å². The van der Waals surface area contributed by atoms with Gasteiger partial charge in [0.2, 0.25) is 0 Å². The van der Waals surface area contributed by atoms with E-state index in [4.69, 9.17) is 0 Å². The van der Waals surface area contributed by atoms with Crippen molar-refractivity contribution in [2.45, 2.75) is 6.92 Å². The highest BCUT2D eigenvalue weighted by molar-refractivity contribution is 5.75. The molecule has 9 heavy (non-hydrogen) atoms. The molecular weight excluding hydrogens is 120 g/mol. The summed E-state index contributed by atoms with van der Waals surface area (Å²) in [5, 5.41) is 0. The molecule has 0 atom stereocenters. The van der Waals surface area contributed by atoms with E-state index in [0.29, 0.717) is 0 Å². The normalized spacial score (nSPS) is 8.22. The van der Waals surface area contributed by atoms with Gasteiger partial charge in [-0.15, -0.1) is 0 Å². The molecule has 1 radical (unpaired) electrons. The van der Waals surface area contributed by atoms with E-state index >= 15 is 0 Å². The van der Waals surface area contributed by atoms with Crippen molar-refractivity contribution >= 4 is 23.1 Å². The summed E-state index contributed by atoms with van der Waals surface area (Å²) in [6.45, 7) is 5.85. The molecule has 0 aliphatic rings. The monoisotopic (exact) mass is 131 g/mol. The summed E-state index contributed by atoms with van der Waals surface area (Å²) in [6.07, 6.45) is 0. The largest absolute Gasteiger partial charge is 0.316 e. The molecule has 45 valence electrons. The smallest absolute Gasteiger partial charge is 0.0617 e. The summed E-state index contributed by atoms with van der Waals surface area (Å²) >= 11 is 0. The third-order valence-electron chi connectivity index (χ3n) is 1.08. The maximum Gasteiger partial charge on any atom is 0.316 e. The number of aryl methyl sites for hydroxylation is 1. The first-order chi connectivity index (χ1) is 3.79. The van der Waals surface area contributed by atoms with E-state index in [1.807, 2.05) is 12.1 Å². The fourth-order valence-electron chi connectivity index (χ4n) is 0.712. The lowest BCUT2D eigenvalue weighted by atomic mass is 10.2. The second-order valence-electron chi connectivity index (χ2n) is 1.99. The third-order valence-corrected chi connectivity index (χ3v) is 1.08. The minimum absolute atomic E-state index is 0. The average molecular weight is 131 g/mol. The van der Waals surface area contributed by atoms with Gasteiger partial charge in [-0.3, -0.25) is 0 Å². The van der Waals surface area contributed by atoms with Gasteiger partial charge in [0.05, 0.1) is 0 Å². The second-order valence-corrected chi connectivity index (χ2v) is 1.99. The molecule has 0 amide bonds. The van der Waals surface area contributed by atoms with Crippen LogP contribution in [0.4, 0.5) is 0 Å². The first kappa shape index (κ1) is 8.99. The molecule has 1 heteroatoms. The molecule has 0 aliphatic heterocycles. The Kier molecular flexibility index (Phi) is 3.90. The quantitative estimate of drug-likeness (QED) is 0.465. The Morgan fingerprint density at radius 2 is 2.00 bits per heavy atom. The van der Waals surface area contributed by atoms with Gasteiger partial charge in [-0.2, -0.15) is 0 Å². The highest BCUT2D eigenvalue weighted by Gasteiger charge is 1.80. The lowest BCUT2D eigenvalue weighted by molar-refractivity contribution is 1.44. The standard InChI is InChI=1S/C8H9.Mg.2H/c1-7-4-3-5-8(2)6-7;;;/h3-6H,1H2,2H3;;;. The minimum atomic E-state index is 0. The third kappa shape index (κ3) is 2.87. The molecule has 1 rings (SSSR count). The molecule has 0 fully saturated rings. The maximum atomic E-state index is 3.78. The molecule has 0 heterocycles. The van der Waals surface area contributed by atoms with Crippen LogP contribution in [0.5, 0.6) is 0 Å². The molecule has 0 bridgehead atoms. The summed E-state index contributed by atoms with van der Waals surface area (Å²) in [6, 6.07) is 8.12. The van der Waals surface area contributed by atoms with Gasteiger partial charge < -0.3 is 0 Å². The fourth-order valence-corrected chi connectivity index (χ4v) is 0.712. The van der Waals surface area contributed by atoms with Crippen LogP contribution in [0, 0.1) is 13.8 Å². The van der Waals surface area contributed by atoms with Gasteiger partial charge in [0, 0.05) is 0 Å². The molecule has 0 aromatic heterocycles. The van der Waals surface area contributed by atoms with Crippen LogP contribution in [0.1, 0.15) is 11.1 Å². The van der Waals surface area contributed by atoms with E-state index in [2.05, 4.69) is 26.0 Å². The average Bonchev–Trinajstić information content (AvgIpc) is 1.64. The van der Waals surface area contributed by atoms with Gasteiger partial charge in [0.15, 0.2) is 0 Å². The van der Waals surface area contributed by atoms with Crippen LogP contribution in [0.2, 0.25) is 0 Å². The Bertz CT molecular complexity index is 164. The van der Waals surface area contributed by atoms with E-state index in [1.54, 1.807) is 0 Å². The zero-order valence-electron chi connectivity index (χ0n) is 5.02. The zero-order chi connectivity index (χ0) is 5.98. The van der Waals surface area contributed by atoms with Gasteiger partial charge >= 0.3 is 23.1 Å². The van der Waals surface area contributed by atoms with E-state index in [0.717, 1.165) is 5.56 Å². The first-order valence-electron chi connectivity index (χ1n) is 2.67. The molecule has 0 N–H and O–H groups in total. The molecule has 0 nitrogen and oxygen atoms in total. The van der Waals surface area contributed by atoms with Crippen LogP contribution in [-0.4, -0.2) is 23.1 Å². The maximum absolute atomic E-state index is 3.78. The van der Waals surface area contributed by atoms with Gasteiger partial charge in [0.25, 0.3) is 0 Å². The summed E-state index contributed by atoms with van der Waals surface area (Å²) in [4.78, 5) is 0. The summed E-state index contributed by atoms with van der Waals surface area (Å²) in [7, 11) is 0. The Balaban J connectivity index is 0.000000640. The molecular formula is C8H11Mg. The predicted octanol–water partition coefficient (Wildman–Crippen LogP) is 1.26. The van der Waals surface area contributed by atoms with Gasteiger partial charge in [-0.1, -0.05) is 29.8 Å². The Morgan fingerprint density at radius 1 is 1.33 bits per heavy atom. The van der Waals surface area contributed by atoms with Crippen molar-refractivity contribution < 1.29 is 0 Å². The summed E-state index contributed by atoms with van der Waals surface area (Å²) < 4.78 is 0. The van der Waals surface area contributed by atoms with Crippen molar-refractivity contribution in [3.8, 4) is 0 Å². The van der Waals surface area contributed by atoms with Crippen LogP contribution >= 0.6 is 0 Å². The van der Waals surface area contributed by atoms with Crippen molar-refractivity contribution in [1.29, 1.82) is 0 Å². The van der Waals surface area contributed by atoms with E-state index in [9.17, 15) is 0 Å². The van der Waals surface area contributed by atoms with Crippen LogP contribution in [0.25, 0.3) is 0 Å². The highest BCUT2D eigenvalue weighted by Crippen LogP contribution is 2.00. The summed E-state index contributed by atoms with van der Waals surface area (Å²) in [5.41, 5.74) is 2.36. The van der Waals surface area contributed by atoms with Crippen molar-refractivity contribution in [3.63, 3.8) is 0 Å². The van der Waals surface area contributed by atoms with E-state index < -0.39 is 0 Å². The molecule has 0 saturated carbocycles. The van der Waals surface area contributed by atoms with Crippen molar-refractivity contribution in [2.75, 3.05) is 0 Å². The lowest BCUT2D eigenvalue weighted by Gasteiger charge is -1.90. The van der Waals surface area contributed by atoms with Crippen LogP contribution in [-0.2, 0) is 0 Å². The molecule has 0 unspecified atom stereocenters. The zero-order valence-corrected chi connectivity index (χ0v) is 5.02. The number of hydrogen-bond acceptors (Lipinski definition) is 0.